The summed E-state index contributed by atoms with van der Waals surface area (Å²) in [6, 6.07) is 5.32. The fourth-order valence-corrected chi connectivity index (χ4v) is 2.53. The third kappa shape index (κ3) is 2.95. The Morgan fingerprint density at radius 1 is 1.39 bits per heavy atom. The largest absolute Gasteiger partial charge is 0.323 e. The lowest BCUT2D eigenvalue weighted by Crippen LogP contribution is -2.27. The van der Waals surface area contributed by atoms with E-state index in [9.17, 15) is 9.59 Å². The van der Waals surface area contributed by atoms with Crippen LogP contribution in [-0.4, -0.2) is 25.2 Å². The smallest absolute Gasteiger partial charge is 0.264 e. The van der Waals surface area contributed by atoms with Crippen molar-refractivity contribution in [2.24, 2.45) is 7.05 Å². The number of carbonyl (C=O) groups is 1. The number of rotatable bonds is 3. The summed E-state index contributed by atoms with van der Waals surface area (Å²) in [6.07, 6.45) is 2.78. The van der Waals surface area contributed by atoms with Gasteiger partial charge in [0.25, 0.3) is 5.56 Å². The SMILES string of the molecule is Cc1ccc(NC(=O)Cn2cnc3c(cnn3C)c2=O)c(Cl)c1. The van der Waals surface area contributed by atoms with Crippen molar-refractivity contribution in [1.82, 2.24) is 19.3 Å². The Morgan fingerprint density at radius 2 is 2.17 bits per heavy atom. The van der Waals surface area contributed by atoms with Crippen molar-refractivity contribution in [3.8, 4) is 0 Å². The van der Waals surface area contributed by atoms with E-state index in [0.29, 0.717) is 21.7 Å². The molecular weight excluding hydrogens is 318 g/mol. The summed E-state index contributed by atoms with van der Waals surface area (Å²) in [4.78, 5) is 28.6. The van der Waals surface area contributed by atoms with E-state index in [1.54, 1.807) is 19.2 Å². The number of amides is 1. The first-order valence-electron chi connectivity index (χ1n) is 6.89. The molecule has 0 saturated carbocycles. The van der Waals surface area contributed by atoms with E-state index in [1.807, 2.05) is 13.0 Å². The molecule has 0 saturated heterocycles. The fraction of sp³-hybridized carbons (Fsp3) is 0.200. The molecule has 3 rings (SSSR count). The predicted octanol–water partition coefficient (Wildman–Crippen LogP) is 1.73. The molecular formula is C15H14ClN5O2. The number of hydrogen-bond acceptors (Lipinski definition) is 4. The van der Waals surface area contributed by atoms with Crippen molar-refractivity contribution in [1.29, 1.82) is 0 Å². The monoisotopic (exact) mass is 331 g/mol. The average Bonchev–Trinajstić information content (AvgIpc) is 2.87. The van der Waals surface area contributed by atoms with Gasteiger partial charge in [0, 0.05) is 7.05 Å². The summed E-state index contributed by atoms with van der Waals surface area (Å²) < 4.78 is 2.74. The molecule has 3 aromatic rings. The molecule has 1 amide bonds. The first kappa shape index (κ1) is 15.2. The van der Waals surface area contributed by atoms with Crippen molar-refractivity contribution < 1.29 is 4.79 Å². The van der Waals surface area contributed by atoms with E-state index in [2.05, 4.69) is 15.4 Å². The minimum atomic E-state index is -0.358. The standard InChI is InChI=1S/C15H14ClN5O2/c1-9-3-4-12(11(16)5-9)19-13(22)7-21-8-17-14-10(15(21)23)6-18-20(14)2/h3-6,8H,7H2,1-2H3,(H,19,22). The first-order chi connectivity index (χ1) is 11.0. The lowest BCUT2D eigenvalue weighted by Gasteiger charge is -2.09. The molecule has 0 aliphatic rings. The molecule has 23 heavy (non-hydrogen) atoms. The Balaban J connectivity index is 1.83. The second-order valence-electron chi connectivity index (χ2n) is 5.21. The van der Waals surface area contributed by atoms with Crippen molar-refractivity contribution in [2.75, 3.05) is 5.32 Å². The van der Waals surface area contributed by atoms with Crippen molar-refractivity contribution in [3.63, 3.8) is 0 Å². The molecule has 0 fully saturated rings. The summed E-state index contributed by atoms with van der Waals surface area (Å²) in [7, 11) is 1.70. The number of aromatic nitrogens is 4. The van der Waals surface area contributed by atoms with Gasteiger partial charge in [0.2, 0.25) is 5.91 Å². The van der Waals surface area contributed by atoms with E-state index in [4.69, 9.17) is 11.6 Å². The molecule has 8 heteroatoms. The van der Waals surface area contributed by atoms with Gasteiger partial charge in [-0.3, -0.25) is 18.8 Å². The van der Waals surface area contributed by atoms with Gasteiger partial charge >= 0.3 is 0 Å². The summed E-state index contributed by atoms with van der Waals surface area (Å²) in [5.41, 5.74) is 1.67. The molecule has 0 radical (unpaired) electrons. The molecule has 0 aliphatic heterocycles. The van der Waals surface area contributed by atoms with Crippen molar-refractivity contribution in [3.05, 3.63) is 51.7 Å². The van der Waals surface area contributed by atoms with Gasteiger partial charge in [-0.1, -0.05) is 17.7 Å². The number of nitrogens with zero attached hydrogens (tertiary/aromatic N) is 4. The van der Waals surface area contributed by atoms with Gasteiger partial charge in [0.1, 0.15) is 18.3 Å². The van der Waals surface area contributed by atoms with Gasteiger partial charge in [-0.25, -0.2) is 4.98 Å². The normalized spacial score (nSPS) is 10.9. The van der Waals surface area contributed by atoms with E-state index < -0.39 is 0 Å². The summed E-state index contributed by atoms with van der Waals surface area (Å²) in [5.74, 6) is -0.358. The Morgan fingerprint density at radius 3 is 2.91 bits per heavy atom. The van der Waals surface area contributed by atoms with Gasteiger partial charge in [0.15, 0.2) is 5.65 Å². The minimum Gasteiger partial charge on any atom is -0.323 e. The highest BCUT2D eigenvalue weighted by Crippen LogP contribution is 2.22. The second-order valence-corrected chi connectivity index (χ2v) is 5.62. The lowest BCUT2D eigenvalue weighted by atomic mass is 10.2. The van der Waals surface area contributed by atoms with Gasteiger partial charge < -0.3 is 5.32 Å². The highest BCUT2D eigenvalue weighted by molar-refractivity contribution is 6.33. The maximum absolute atomic E-state index is 12.3. The molecule has 0 unspecified atom stereocenters. The number of anilines is 1. The van der Waals surface area contributed by atoms with Crippen molar-refractivity contribution >= 4 is 34.2 Å². The van der Waals surface area contributed by atoms with Crippen LogP contribution in [0.1, 0.15) is 5.56 Å². The van der Waals surface area contributed by atoms with Gasteiger partial charge in [-0.05, 0) is 24.6 Å². The third-order valence-electron chi connectivity index (χ3n) is 3.43. The van der Waals surface area contributed by atoms with E-state index >= 15 is 0 Å². The number of benzene rings is 1. The van der Waals surface area contributed by atoms with E-state index in [1.165, 1.54) is 21.8 Å². The maximum Gasteiger partial charge on any atom is 0.264 e. The molecule has 1 N–H and O–H groups in total. The molecule has 2 aromatic heterocycles. The van der Waals surface area contributed by atoms with Crippen LogP contribution in [-0.2, 0) is 18.4 Å². The Bertz CT molecular complexity index is 960. The fourth-order valence-electron chi connectivity index (χ4n) is 2.25. The van der Waals surface area contributed by atoms with Crippen LogP contribution in [0.2, 0.25) is 5.02 Å². The number of halogens is 1. The Kier molecular flexibility index (Phi) is 3.87. The number of nitrogens with one attached hydrogen (secondary N) is 1. The van der Waals surface area contributed by atoms with Gasteiger partial charge in [0.05, 0.1) is 16.9 Å². The average molecular weight is 332 g/mol. The first-order valence-corrected chi connectivity index (χ1v) is 7.26. The van der Waals surface area contributed by atoms with Crippen LogP contribution in [0.4, 0.5) is 5.69 Å². The summed E-state index contributed by atoms with van der Waals surface area (Å²) in [5, 5.41) is 7.50. The number of fused-ring (bicyclic) bond motifs is 1. The second kappa shape index (κ2) is 5.85. The van der Waals surface area contributed by atoms with E-state index in [0.717, 1.165) is 5.56 Å². The van der Waals surface area contributed by atoms with Gasteiger partial charge in [-0.2, -0.15) is 5.10 Å². The summed E-state index contributed by atoms with van der Waals surface area (Å²) >= 11 is 6.08. The van der Waals surface area contributed by atoms with Gasteiger partial charge in [-0.15, -0.1) is 0 Å². The number of hydrogen-bond donors (Lipinski definition) is 1. The molecule has 1 aromatic carbocycles. The van der Waals surface area contributed by atoms with Crippen LogP contribution in [0.25, 0.3) is 11.0 Å². The third-order valence-corrected chi connectivity index (χ3v) is 3.74. The highest BCUT2D eigenvalue weighted by Gasteiger charge is 2.12. The minimum absolute atomic E-state index is 0.152. The summed E-state index contributed by atoms with van der Waals surface area (Å²) in [6.45, 7) is 1.76. The molecule has 0 bridgehead atoms. The zero-order valence-electron chi connectivity index (χ0n) is 12.6. The van der Waals surface area contributed by atoms with Crippen LogP contribution >= 0.6 is 11.6 Å². The zero-order chi connectivity index (χ0) is 16.6. The van der Waals surface area contributed by atoms with Crippen LogP contribution in [0, 0.1) is 6.92 Å². The molecule has 118 valence electrons. The molecule has 7 nitrogen and oxygen atoms in total. The Labute approximate surface area is 136 Å². The highest BCUT2D eigenvalue weighted by atomic mass is 35.5. The lowest BCUT2D eigenvalue weighted by molar-refractivity contribution is -0.116. The van der Waals surface area contributed by atoms with E-state index in [-0.39, 0.29) is 18.0 Å². The Hall–Kier alpha value is -2.67. The quantitative estimate of drug-likeness (QED) is 0.792. The van der Waals surface area contributed by atoms with Crippen molar-refractivity contribution in [2.45, 2.75) is 13.5 Å². The predicted molar refractivity (Wildman–Crippen MR) is 87.6 cm³/mol. The molecule has 0 spiro atoms. The topological polar surface area (TPSA) is 81.8 Å². The zero-order valence-corrected chi connectivity index (χ0v) is 13.3. The molecule has 0 aliphatic carbocycles. The van der Waals surface area contributed by atoms with Crippen LogP contribution in [0.3, 0.4) is 0 Å². The maximum atomic E-state index is 12.3. The van der Waals surface area contributed by atoms with Crippen LogP contribution in [0.5, 0.6) is 0 Å². The van der Waals surface area contributed by atoms with Crippen LogP contribution < -0.4 is 10.9 Å². The number of carbonyl (C=O) groups excluding carboxylic acids is 1. The molecule has 0 atom stereocenters. The van der Waals surface area contributed by atoms with Crippen LogP contribution in [0.15, 0.2) is 35.5 Å². The molecule has 2 heterocycles. The number of aryl methyl sites for hydroxylation is 2.